The molecule has 2 atom stereocenters. The third-order valence-corrected chi connectivity index (χ3v) is 3.51. The summed E-state index contributed by atoms with van der Waals surface area (Å²) in [5.41, 5.74) is 2.34. The van der Waals surface area contributed by atoms with Gasteiger partial charge in [-0.2, -0.15) is 0 Å². The summed E-state index contributed by atoms with van der Waals surface area (Å²) in [7, 11) is 0. The van der Waals surface area contributed by atoms with Crippen molar-refractivity contribution < 1.29 is 9.52 Å². The van der Waals surface area contributed by atoms with Gasteiger partial charge in [0.1, 0.15) is 5.76 Å². The topological polar surface area (TPSA) is 33.4 Å². The molecule has 0 unspecified atom stereocenters. The van der Waals surface area contributed by atoms with Gasteiger partial charge in [0, 0.05) is 6.42 Å². The van der Waals surface area contributed by atoms with E-state index in [4.69, 9.17) is 4.42 Å². The summed E-state index contributed by atoms with van der Waals surface area (Å²) in [5.74, 6) is 2.10. The molecule has 0 saturated carbocycles. The van der Waals surface area contributed by atoms with Gasteiger partial charge in [-0.05, 0) is 48.8 Å². The van der Waals surface area contributed by atoms with Crippen molar-refractivity contribution in [1.29, 1.82) is 0 Å². The predicted octanol–water partition coefficient (Wildman–Crippen LogP) is 3.66. The minimum atomic E-state index is -0.280. The van der Waals surface area contributed by atoms with Crippen molar-refractivity contribution >= 4 is 0 Å². The molecule has 2 rings (SSSR count). The monoisotopic (exact) mass is 234 g/mol. The lowest BCUT2D eigenvalue weighted by Gasteiger charge is -2.23. The highest BCUT2D eigenvalue weighted by Gasteiger charge is 2.22. The summed E-state index contributed by atoms with van der Waals surface area (Å²) in [4.78, 5) is 0. The van der Waals surface area contributed by atoms with Crippen molar-refractivity contribution in [2.45, 2.75) is 52.1 Å². The van der Waals surface area contributed by atoms with E-state index in [0.717, 1.165) is 30.6 Å². The van der Waals surface area contributed by atoms with Gasteiger partial charge in [0.25, 0.3) is 0 Å². The molecule has 0 fully saturated rings. The molecule has 1 aliphatic rings. The number of hydrogen-bond donors (Lipinski definition) is 1. The number of allylic oxidation sites excluding steroid dienone is 1. The molecule has 1 aromatic rings. The van der Waals surface area contributed by atoms with Crippen molar-refractivity contribution in [2.75, 3.05) is 0 Å². The maximum atomic E-state index is 9.86. The second-order valence-corrected chi connectivity index (χ2v) is 5.58. The molecule has 94 valence electrons. The van der Waals surface area contributed by atoms with Gasteiger partial charge in [-0.1, -0.05) is 19.9 Å². The van der Waals surface area contributed by atoms with Gasteiger partial charge in [0.15, 0.2) is 0 Å². The summed E-state index contributed by atoms with van der Waals surface area (Å²) < 4.78 is 5.59. The first kappa shape index (κ1) is 12.4. The SMILES string of the molecule is CC1=CC[C@H](c2coc(CC(C)C)c2)C[C@H]1O. The lowest BCUT2D eigenvalue weighted by molar-refractivity contribution is 0.182. The Morgan fingerprint density at radius 3 is 2.88 bits per heavy atom. The van der Waals surface area contributed by atoms with Gasteiger partial charge >= 0.3 is 0 Å². The second kappa shape index (κ2) is 5.09. The summed E-state index contributed by atoms with van der Waals surface area (Å²) >= 11 is 0. The minimum absolute atomic E-state index is 0.280. The molecule has 0 saturated heterocycles. The maximum absolute atomic E-state index is 9.86. The fraction of sp³-hybridized carbons (Fsp3) is 0.600. The number of aliphatic hydroxyl groups excluding tert-OH is 1. The molecule has 17 heavy (non-hydrogen) atoms. The zero-order chi connectivity index (χ0) is 12.4. The van der Waals surface area contributed by atoms with E-state index in [2.05, 4.69) is 26.0 Å². The Balaban J connectivity index is 2.06. The van der Waals surface area contributed by atoms with Crippen LogP contribution in [0.3, 0.4) is 0 Å². The maximum Gasteiger partial charge on any atom is 0.104 e. The van der Waals surface area contributed by atoms with Gasteiger partial charge in [-0.25, -0.2) is 0 Å². The van der Waals surface area contributed by atoms with E-state index < -0.39 is 0 Å². The van der Waals surface area contributed by atoms with Crippen LogP contribution in [0.1, 0.15) is 50.9 Å². The van der Waals surface area contributed by atoms with Crippen molar-refractivity contribution in [2.24, 2.45) is 5.92 Å². The molecule has 0 amide bonds. The molecule has 1 aromatic heterocycles. The quantitative estimate of drug-likeness (QED) is 0.810. The van der Waals surface area contributed by atoms with E-state index in [1.165, 1.54) is 5.56 Å². The first-order chi connectivity index (χ1) is 8.06. The zero-order valence-electron chi connectivity index (χ0n) is 10.9. The van der Waals surface area contributed by atoms with Gasteiger partial charge in [0.05, 0.1) is 12.4 Å². The molecule has 1 N–H and O–H groups in total. The van der Waals surface area contributed by atoms with Crippen LogP contribution in [0.25, 0.3) is 0 Å². The molecule has 0 spiro atoms. The number of furan rings is 1. The highest BCUT2D eigenvalue weighted by atomic mass is 16.3. The third kappa shape index (κ3) is 3.01. The fourth-order valence-corrected chi connectivity index (χ4v) is 2.41. The van der Waals surface area contributed by atoms with Crippen LogP contribution in [0.5, 0.6) is 0 Å². The largest absolute Gasteiger partial charge is 0.469 e. The zero-order valence-corrected chi connectivity index (χ0v) is 10.9. The van der Waals surface area contributed by atoms with E-state index >= 15 is 0 Å². The van der Waals surface area contributed by atoms with Crippen LogP contribution in [0.4, 0.5) is 0 Å². The van der Waals surface area contributed by atoms with E-state index in [0.29, 0.717) is 11.8 Å². The Labute approximate surface area is 103 Å². The molecule has 1 aliphatic carbocycles. The first-order valence-electron chi connectivity index (χ1n) is 6.48. The van der Waals surface area contributed by atoms with E-state index in [-0.39, 0.29) is 6.10 Å². The molecule has 0 radical (unpaired) electrons. The Morgan fingerprint density at radius 2 is 2.24 bits per heavy atom. The highest BCUT2D eigenvalue weighted by Crippen LogP contribution is 2.33. The highest BCUT2D eigenvalue weighted by molar-refractivity contribution is 5.23. The smallest absolute Gasteiger partial charge is 0.104 e. The lowest BCUT2D eigenvalue weighted by Crippen LogP contribution is -2.17. The van der Waals surface area contributed by atoms with Crippen LogP contribution in [0, 0.1) is 5.92 Å². The molecular formula is C15H22O2. The van der Waals surface area contributed by atoms with Crippen molar-refractivity contribution in [3.8, 4) is 0 Å². The predicted molar refractivity (Wildman–Crippen MR) is 69.0 cm³/mol. The Kier molecular flexibility index (Phi) is 3.72. The molecular weight excluding hydrogens is 212 g/mol. The van der Waals surface area contributed by atoms with Crippen LogP contribution in [-0.2, 0) is 6.42 Å². The minimum Gasteiger partial charge on any atom is -0.469 e. The molecule has 1 heterocycles. The normalized spacial score (nSPS) is 25.1. The second-order valence-electron chi connectivity index (χ2n) is 5.58. The summed E-state index contributed by atoms with van der Waals surface area (Å²) in [6.07, 6.45) is 6.56. The van der Waals surface area contributed by atoms with Crippen LogP contribution < -0.4 is 0 Å². The molecule has 2 heteroatoms. The Morgan fingerprint density at radius 1 is 1.47 bits per heavy atom. The lowest BCUT2D eigenvalue weighted by atomic mass is 9.84. The fourth-order valence-electron chi connectivity index (χ4n) is 2.41. The van der Waals surface area contributed by atoms with Crippen LogP contribution >= 0.6 is 0 Å². The van der Waals surface area contributed by atoms with Crippen molar-refractivity contribution in [3.05, 3.63) is 35.3 Å². The van der Waals surface area contributed by atoms with Crippen LogP contribution in [0.2, 0.25) is 0 Å². The molecule has 0 bridgehead atoms. The number of aliphatic hydroxyl groups is 1. The Hall–Kier alpha value is -1.02. The summed E-state index contributed by atoms with van der Waals surface area (Å²) in [6, 6.07) is 2.16. The average Bonchev–Trinajstić information content (AvgIpc) is 2.69. The van der Waals surface area contributed by atoms with Gasteiger partial charge in [0.2, 0.25) is 0 Å². The molecule has 0 aliphatic heterocycles. The first-order valence-corrected chi connectivity index (χ1v) is 6.48. The van der Waals surface area contributed by atoms with E-state index in [1.54, 1.807) is 0 Å². The summed E-state index contributed by atoms with van der Waals surface area (Å²) in [6.45, 7) is 6.39. The van der Waals surface area contributed by atoms with Crippen molar-refractivity contribution in [1.82, 2.24) is 0 Å². The third-order valence-electron chi connectivity index (χ3n) is 3.51. The van der Waals surface area contributed by atoms with Crippen molar-refractivity contribution in [3.63, 3.8) is 0 Å². The average molecular weight is 234 g/mol. The molecule has 2 nitrogen and oxygen atoms in total. The van der Waals surface area contributed by atoms with Gasteiger partial charge < -0.3 is 9.52 Å². The van der Waals surface area contributed by atoms with Crippen LogP contribution in [0.15, 0.2) is 28.4 Å². The molecule has 0 aromatic carbocycles. The van der Waals surface area contributed by atoms with Crippen LogP contribution in [-0.4, -0.2) is 11.2 Å². The van der Waals surface area contributed by atoms with Gasteiger partial charge in [-0.3, -0.25) is 0 Å². The summed E-state index contributed by atoms with van der Waals surface area (Å²) in [5, 5.41) is 9.86. The van der Waals surface area contributed by atoms with E-state index in [1.807, 2.05) is 13.2 Å². The number of hydrogen-bond acceptors (Lipinski definition) is 2. The standard InChI is InChI=1S/C15H22O2/c1-10(2)6-14-7-13(9-17-14)12-5-4-11(3)15(16)8-12/h4,7,9-10,12,15-16H,5-6,8H2,1-3H3/t12-,15+/m0/s1. The number of rotatable bonds is 3. The Bertz CT molecular complexity index is 401. The van der Waals surface area contributed by atoms with E-state index in [9.17, 15) is 5.11 Å². The van der Waals surface area contributed by atoms with Gasteiger partial charge in [-0.15, -0.1) is 0 Å².